The highest BCUT2D eigenvalue weighted by molar-refractivity contribution is 6.21. The number of carbonyl (C=O) groups is 1. The van der Waals surface area contributed by atoms with Crippen LogP contribution in [0, 0.1) is 0 Å². The molecular weight excluding hydrogens is 208 g/mol. The van der Waals surface area contributed by atoms with E-state index in [1.165, 1.54) is 0 Å². The molecular formula is C11H16N2O3. The lowest BCUT2D eigenvalue weighted by atomic mass is 10.1. The summed E-state index contributed by atoms with van der Waals surface area (Å²) in [5, 5.41) is 9.83. The normalized spacial score (nSPS) is 17.8. The fourth-order valence-electron chi connectivity index (χ4n) is 1.37. The van der Waals surface area contributed by atoms with Crippen molar-refractivity contribution in [2.75, 3.05) is 20.7 Å². The van der Waals surface area contributed by atoms with Crippen LogP contribution in [0.25, 0.3) is 0 Å². The first-order valence-corrected chi connectivity index (χ1v) is 5.02. The minimum absolute atomic E-state index is 0.121. The van der Waals surface area contributed by atoms with Crippen molar-refractivity contribution in [1.82, 2.24) is 4.90 Å². The fraction of sp³-hybridized carbons (Fsp3) is 0.455. The number of rotatable bonds is 3. The smallest absolute Gasteiger partial charge is 0.343 e. The van der Waals surface area contributed by atoms with Gasteiger partial charge in [0.2, 0.25) is 0 Å². The van der Waals surface area contributed by atoms with Crippen LogP contribution in [0.3, 0.4) is 0 Å². The zero-order chi connectivity index (χ0) is 12.3. The zero-order valence-electron chi connectivity index (χ0n) is 9.94. The molecule has 0 saturated heterocycles. The summed E-state index contributed by atoms with van der Waals surface area (Å²) in [7, 11) is 3.63. The second-order valence-corrected chi connectivity index (χ2v) is 3.62. The monoisotopic (exact) mass is 224 g/mol. The van der Waals surface area contributed by atoms with Crippen LogP contribution in [-0.2, 0) is 9.53 Å². The molecule has 5 nitrogen and oxygen atoms in total. The first kappa shape index (κ1) is 12.3. The number of hydrogen-bond donors (Lipinski definition) is 1. The largest absolute Gasteiger partial charge is 0.505 e. The predicted molar refractivity (Wildman–Crippen MR) is 61.2 cm³/mol. The van der Waals surface area contributed by atoms with E-state index in [-0.39, 0.29) is 17.9 Å². The van der Waals surface area contributed by atoms with Crippen molar-refractivity contribution < 1.29 is 14.6 Å². The van der Waals surface area contributed by atoms with Crippen LogP contribution in [0.4, 0.5) is 0 Å². The van der Waals surface area contributed by atoms with E-state index < -0.39 is 5.97 Å². The molecule has 0 amide bonds. The molecule has 1 heterocycles. The summed E-state index contributed by atoms with van der Waals surface area (Å²) in [6.45, 7) is 3.65. The molecule has 1 N–H and O–H groups in total. The van der Waals surface area contributed by atoms with Crippen molar-refractivity contribution in [3.05, 3.63) is 23.2 Å². The van der Waals surface area contributed by atoms with Gasteiger partial charge in [-0.05, 0) is 13.8 Å². The van der Waals surface area contributed by atoms with Gasteiger partial charge in [0.1, 0.15) is 11.3 Å². The van der Waals surface area contributed by atoms with Gasteiger partial charge in [-0.3, -0.25) is 0 Å². The Morgan fingerprint density at radius 2 is 2.19 bits per heavy atom. The molecule has 0 aromatic rings. The summed E-state index contributed by atoms with van der Waals surface area (Å²) < 4.78 is 4.84. The fourth-order valence-corrected chi connectivity index (χ4v) is 1.37. The molecule has 1 aliphatic rings. The highest BCUT2D eigenvalue weighted by Gasteiger charge is 2.27. The van der Waals surface area contributed by atoms with Gasteiger partial charge in [0, 0.05) is 20.3 Å². The van der Waals surface area contributed by atoms with E-state index in [0.29, 0.717) is 11.4 Å². The number of aliphatic hydroxyl groups is 1. The van der Waals surface area contributed by atoms with Crippen LogP contribution >= 0.6 is 0 Å². The molecule has 0 bridgehead atoms. The van der Waals surface area contributed by atoms with Gasteiger partial charge >= 0.3 is 5.97 Å². The number of esters is 1. The van der Waals surface area contributed by atoms with Crippen molar-refractivity contribution in [2.24, 2.45) is 4.99 Å². The minimum Gasteiger partial charge on any atom is -0.505 e. The third kappa shape index (κ3) is 2.42. The van der Waals surface area contributed by atoms with Crippen LogP contribution in [0.15, 0.2) is 28.2 Å². The molecule has 1 aliphatic heterocycles. The maximum atomic E-state index is 11.5. The quantitative estimate of drug-likeness (QED) is 0.732. The SMILES string of the molecule is CCOC(=O)C1=C(O)C(=CN(C)C)N=C1C. The molecule has 0 aromatic carbocycles. The topological polar surface area (TPSA) is 62.1 Å². The van der Waals surface area contributed by atoms with E-state index in [9.17, 15) is 9.90 Å². The van der Waals surface area contributed by atoms with Crippen molar-refractivity contribution in [3.63, 3.8) is 0 Å². The van der Waals surface area contributed by atoms with Crippen LogP contribution < -0.4 is 0 Å². The standard InChI is InChI=1S/C11H16N2O3/c1-5-16-11(15)9-7(2)12-8(10(9)14)6-13(3)4/h6,14H,5H2,1-4H3. The first-order valence-electron chi connectivity index (χ1n) is 5.02. The molecule has 5 heteroatoms. The van der Waals surface area contributed by atoms with Gasteiger partial charge in [-0.25, -0.2) is 9.79 Å². The summed E-state index contributed by atoms with van der Waals surface area (Å²) >= 11 is 0. The highest BCUT2D eigenvalue weighted by Crippen LogP contribution is 2.24. The zero-order valence-corrected chi connectivity index (χ0v) is 9.94. The molecule has 0 atom stereocenters. The van der Waals surface area contributed by atoms with Gasteiger partial charge in [-0.1, -0.05) is 0 Å². The third-order valence-electron chi connectivity index (χ3n) is 1.99. The Hall–Kier alpha value is -1.78. The van der Waals surface area contributed by atoms with Crippen LogP contribution in [0.1, 0.15) is 13.8 Å². The number of aliphatic hydroxyl groups excluding tert-OH is 1. The molecule has 0 radical (unpaired) electrons. The molecule has 88 valence electrons. The van der Waals surface area contributed by atoms with E-state index >= 15 is 0 Å². The van der Waals surface area contributed by atoms with Crippen LogP contribution in [0.5, 0.6) is 0 Å². The van der Waals surface area contributed by atoms with E-state index in [4.69, 9.17) is 4.74 Å². The summed E-state index contributed by atoms with van der Waals surface area (Å²) in [6.07, 6.45) is 1.64. The van der Waals surface area contributed by atoms with Gasteiger partial charge < -0.3 is 14.7 Å². The Kier molecular flexibility index (Phi) is 3.71. The van der Waals surface area contributed by atoms with E-state index in [0.717, 1.165) is 0 Å². The van der Waals surface area contributed by atoms with Gasteiger partial charge in [-0.2, -0.15) is 0 Å². The second-order valence-electron chi connectivity index (χ2n) is 3.62. The molecule has 0 fully saturated rings. The lowest BCUT2D eigenvalue weighted by molar-refractivity contribution is -0.138. The van der Waals surface area contributed by atoms with Crippen LogP contribution in [0.2, 0.25) is 0 Å². The summed E-state index contributed by atoms with van der Waals surface area (Å²) in [4.78, 5) is 17.4. The maximum absolute atomic E-state index is 11.5. The van der Waals surface area contributed by atoms with Gasteiger partial charge in [0.25, 0.3) is 0 Å². The Bertz CT molecular complexity index is 392. The van der Waals surface area contributed by atoms with Crippen molar-refractivity contribution in [3.8, 4) is 0 Å². The molecule has 0 unspecified atom stereocenters. The predicted octanol–water partition coefficient (Wildman–Crippen LogP) is 1.24. The molecule has 1 rings (SSSR count). The van der Waals surface area contributed by atoms with E-state index in [1.54, 1.807) is 24.9 Å². The lowest BCUT2D eigenvalue weighted by Crippen LogP contribution is -2.13. The second kappa shape index (κ2) is 4.83. The maximum Gasteiger partial charge on any atom is 0.343 e. The number of nitrogens with zero attached hydrogens (tertiary/aromatic N) is 2. The molecule has 0 saturated carbocycles. The van der Waals surface area contributed by atoms with Crippen molar-refractivity contribution in [1.29, 1.82) is 0 Å². The van der Waals surface area contributed by atoms with Gasteiger partial charge in [-0.15, -0.1) is 0 Å². The molecule has 0 spiro atoms. The highest BCUT2D eigenvalue weighted by atomic mass is 16.5. The Morgan fingerprint density at radius 1 is 1.56 bits per heavy atom. The number of aliphatic imine (C=N–C) groups is 1. The average molecular weight is 224 g/mol. The number of hydrogen-bond acceptors (Lipinski definition) is 5. The van der Waals surface area contributed by atoms with E-state index in [1.807, 2.05) is 14.1 Å². The van der Waals surface area contributed by atoms with Crippen molar-refractivity contribution in [2.45, 2.75) is 13.8 Å². The van der Waals surface area contributed by atoms with Gasteiger partial charge in [0.15, 0.2) is 5.76 Å². The molecule has 16 heavy (non-hydrogen) atoms. The first-order chi connectivity index (χ1) is 7.47. The third-order valence-corrected chi connectivity index (χ3v) is 1.99. The van der Waals surface area contributed by atoms with Gasteiger partial charge in [0.05, 0.1) is 12.3 Å². The van der Waals surface area contributed by atoms with Crippen LogP contribution in [-0.4, -0.2) is 42.4 Å². The van der Waals surface area contributed by atoms with E-state index in [2.05, 4.69) is 4.99 Å². The summed E-state index contributed by atoms with van der Waals surface area (Å²) in [5.41, 5.74) is 1.00. The lowest BCUT2D eigenvalue weighted by Gasteiger charge is -2.05. The number of ether oxygens (including phenoxy) is 1. The minimum atomic E-state index is -0.539. The molecule has 0 aromatic heterocycles. The molecule has 0 aliphatic carbocycles. The Labute approximate surface area is 94.7 Å². The Morgan fingerprint density at radius 3 is 2.69 bits per heavy atom. The summed E-state index contributed by atoms with van der Waals surface area (Å²) in [5.74, 6) is -0.659. The van der Waals surface area contributed by atoms with Crippen molar-refractivity contribution >= 4 is 11.7 Å². The average Bonchev–Trinajstić information content (AvgIpc) is 2.41. The number of carbonyl (C=O) groups excluding carboxylic acids is 1. The summed E-state index contributed by atoms with van der Waals surface area (Å²) in [6, 6.07) is 0. The Balaban J connectivity index is 3.06.